The fourth-order valence-corrected chi connectivity index (χ4v) is 3.02. The van der Waals surface area contributed by atoms with E-state index < -0.39 is 6.10 Å². The van der Waals surface area contributed by atoms with Crippen molar-refractivity contribution in [2.45, 2.75) is 44.0 Å². The van der Waals surface area contributed by atoms with Gasteiger partial charge in [-0.15, -0.1) is 0 Å². The zero-order chi connectivity index (χ0) is 12.8. The van der Waals surface area contributed by atoms with Crippen LogP contribution in [0.4, 0.5) is 4.39 Å². The average Bonchev–Trinajstić information content (AvgIpc) is 2.30. The zero-order valence-corrected chi connectivity index (χ0v) is 10.4. The summed E-state index contributed by atoms with van der Waals surface area (Å²) in [6.45, 7) is 2.65. The number of benzene rings is 1. The fourth-order valence-electron chi connectivity index (χ4n) is 3.02. The van der Waals surface area contributed by atoms with Gasteiger partial charge in [0.1, 0.15) is 17.2 Å². The van der Waals surface area contributed by atoms with Gasteiger partial charge in [-0.25, -0.2) is 4.39 Å². The van der Waals surface area contributed by atoms with Gasteiger partial charge in [0.2, 0.25) is 0 Å². The second-order valence-electron chi connectivity index (χ2n) is 5.32. The third kappa shape index (κ3) is 1.99. The molecular formula is C14H17FO3. The van der Waals surface area contributed by atoms with E-state index in [1.54, 1.807) is 6.07 Å². The van der Waals surface area contributed by atoms with Crippen molar-refractivity contribution in [2.24, 2.45) is 0 Å². The maximum absolute atomic E-state index is 13.2. The first-order valence-corrected chi connectivity index (χ1v) is 6.36. The van der Waals surface area contributed by atoms with Gasteiger partial charge in [0, 0.05) is 24.8 Å². The smallest absolute Gasteiger partial charge is 0.126 e. The Hall–Kier alpha value is -1.13. The summed E-state index contributed by atoms with van der Waals surface area (Å²) < 4.78 is 24.8. The minimum absolute atomic E-state index is 0.132. The number of fused-ring (bicyclic) bond motifs is 1. The van der Waals surface area contributed by atoms with Crippen LogP contribution in [0.15, 0.2) is 18.2 Å². The van der Waals surface area contributed by atoms with E-state index in [4.69, 9.17) is 9.47 Å². The van der Waals surface area contributed by atoms with Crippen LogP contribution in [0.5, 0.6) is 5.75 Å². The summed E-state index contributed by atoms with van der Waals surface area (Å²) in [4.78, 5) is 0. The summed E-state index contributed by atoms with van der Waals surface area (Å²) in [5.41, 5.74) is 0.196. The van der Waals surface area contributed by atoms with Crippen molar-refractivity contribution in [3.8, 4) is 5.75 Å². The molecule has 0 aromatic heterocycles. The summed E-state index contributed by atoms with van der Waals surface area (Å²) in [7, 11) is 0. The predicted molar refractivity (Wildman–Crippen MR) is 64.0 cm³/mol. The van der Waals surface area contributed by atoms with Crippen LogP contribution in [0.25, 0.3) is 0 Å². The molecule has 0 radical (unpaired) electrons. The zero-order valence-electron chi connectivity index (χ0n) is 10.4. The largest absolute Gasteiger partial charge is 0.487 e. The van der Waals surface area contributed by atoms with Crippen molar-refractivity contribution >= 4 is 0 Å². The van der Waals surface area contributed by atoms with Gasteiger partial charge in [0.15, 0.2) is 0 Å². The molecule has 3 rings (SSSR count). The highest BCUT2D eigenvalue weighted by atomic mass is 19.1. The monoisotopic (exact) mass is 252 g/mol. The van der Waals surface area contributed by atoms with Crippen LogP contribution in [0.1, 0.15) is 37.9 Å². The van der Waals surface area contributed by atoms with E-state index in [2.05, 4.69) is 0 Å². The Balaban J connectivity index is 1.93. The van der Waals surface area contributed by atoms with Crippen LogP contribution in [0, 0.1) is 5.82 Å². The van der Waals surface area contributed by atoms with Crippen molar-refractivity contribution in [1.29, 1.82) is 0 Å². The molecule has 0 aliphatic carbocycles. The molecule has 2 aliphatic heterocycles. The minimum Gasteiger partial charge on any atom is -0.487 e. The standard InChI is InChI=1S/C14H17FO3/c1-9-7-14(4-5-17-9)8-12(16)11-6-10(15)2-3-13(11)18-14/h2-3,6,9,12,16H,4-5,7-8H2,1H3/t9?,12-,14?/m0/s1. The normalized spacial score (nSPS) is 35.1. The first-order chi connectivity index (χ1) is 8.58. The molecule has 0 bridgehead atoms. The molecule has 1 spiro atoms. The molecule has 1 saturated heterocycles. The minimum atomic E-state index is -0.658. The number of aliphatic hydroxyl groups excluding tert-OH is 1. The van der Waals surface area contributed by atoms with E-state index in [1.807, 2.05) is 6.92 Å². The maximum Gasteiger partial charge on any atom is 0.126 e. The molecule has 0 saturated carbocycles. The van der Waals surface area contributed by atoms with Crippen molar-refractivity contribution in [3.63, 3.8) is 0 Å². The number of halogens is 1. The first-order valence-electron chi connectivity index (χ1n) is 6.36. The molecule has 18 heavy (non-hydrogen) atoms. The Morgan fingerprint density at radius 1 is 1.39 bits per heavy atom. The summed E-state index contributed by atoms with van der Waals surface area (Å²) in [6.07, 6.45) is 1.52. The van der Waals surface area contributed by atoms with Crippen molar-refractivity contribution in [3.05, 3.63) is 29.6 Å². The van der Waals surface area contributed by atoms with Crippen LogP contribution in [0.2, 0.25) is 0 Å². The molecule has 0 amide bonds. The second kappa shape index (κ2) is 4.21. The SMILES string of the molecule is CC1CC2(CCO1)C[C@H](O)c1cc(F)ccc1O2. The van der Waals surface area contributed by atoms with Gasteiger partial charge in [-0.1, -0.05) is 0 Å². The lowest BCUT2D eigenvalue weighted by Gasteiger charge is -2.44. The highest BCUT2D eigenvalue weighted by Crippen LogP contribution is 2.45. The molecule has 1 N–H and O–H groups in total. The molecule has 2 heterocycles. The lowest BCUT2D eigenvalue weighted by molar-refractivity contribution is -0.111. The second-order valence-corrected chi connectivity index (χ2v) is 5.32. The Morgan fingerprint density at radius 2 is 2.22 bits per heavy atom. The van der Waals surface area contributed by atoms with Crippen molar-refractivity contribution in [2.75, 3.05) is 6.61 Å². The average molecular weight is 252 g/mol. The summed E-state index contributed by atoms with van der Waals surface area (Å²) in [5.74, 6) is 0.261. The van der Waals surface area contributed by atoms with E-state index in [0.717, 1.165) is 12.8 Å². The molecule has 3 atom stereocenters. The van der Waals surface area contributed by atoms with Gasteiger partial charge in [0.05, 0.1) is 18.8 Å². The third-order valence-electron chi connectivity index (χ3n) is 3.84. The molecule has 1 fully saturated rings. The molecule has 1 aromatic carbocycles. The Morgan fingerprint density at radius 3 is 3.00 bits per heavy atom. The van der Waals surface area contributed by atoms with Gasteiger partial charge in [-0.3, -0.25) is 0 Å². The highest BCUT2D eigenvalue weighted by Gasteiger charge is 2.43. The number of hydrogen-bond acceptors (Lipinski definition) is 3. The quantitative estimate of drug-likeness (QED) is 0.771. The van der Waals surface area contributed by atoms with Crippen LogP contribution in [0.3, 0.4) is 0 Å². The fraction of sp³-hybridized carbons (Fsp3) is 0.571. The highest BCUT2D eigenvalue weighted by molar-refractivity contribution is 5.38. The summed E-state index contributed by atoms with van der Waals surface area (Å²) in [5, 5.41) is 10.2. The molecule has 3 nitrogen and oxygen atoms in total. The molecule has 2 aliphatic rings. The molecule has 2 unspecified atom stereocenters. The van der Waals surface area contributed by atoms with E-state index in [-0.39, 0.29) is 17.5 Å². The topological polar surface area (TPSA) is 38.7 Å². The number of rotatable bonds is 0. The number of aliphatic hydroxyl groups is 1. The number of ether oxygens (including phenoxy) is 2. The van der Waals surface area contributed by atoms with Crippen molar-refractivity contribution in [1.82, 2.24) is 0 Å². The maximum atomic E-state index is 13.2. The molecule has 1 aromatic rings. The van der Waals surface area contributed by atoms with Gasteiger partial charge >= 0.3 is 0 Å². The Labute approximate surface area is 106 Å². The van der Waals surface area contributed by atoms with Crippen LogP contribution >= 0.6 is 0 Å². The van der Waals surface area contributed by atoms with Gasteiger partial charge in [-0.05, 0) is 25.1 Å². The third-order valence-corrected chi connectivity index (χ3v) is 3.84. The van der Waals surface area contributed by atoms with E-state index in [0.29, 0.717) is 24.3 Å². The predicted octanol–water partition coefficient (Wildman–Crippen LogP) is 2.58. The molecular weight excluding hydrogens is 235 g/mol. The summed E-state index contributed by atoms with van der Waals surface area (Å²) in [6, 6.07) is 4.33. The first kappa shape index (κ1) is 11.9. The number of hydrogen-bond donors (Lipinski definition) is 1. The van der Waals surface area contributed by atoms with Crippen LogP contribution in [-0.2, 0) is 4.74 Å². The van der Waals surface area contributed by atoms with E-state index in [9.17, 15) is 9.50 Å². The summed E-state index contributed by atoms with van der Waals surface area (Å²) >= 11 is 0. The van der Waals surface area contributed by atoms with Gasteiger partial charge in [0.25, 0.3) is 0 Å². The van der Waals surface area contributed by atoms with Gasteiger partial charge < -0.3 is 14.6 Å². The van der Waals surface area contributed by atoms with Crippen LogP contribution in [-0.4, -0.2) is 23.4 Å². The molecule has 98 valence electrons. The molecule has 4 heteroatoms. The lowest BCUT2D eigenvalue weighted by Crippen LogP contribution is -2.47. The van der Waals surface area contributed by atoms with E-state index >= 15 is 0 Å². The van der Waals surface area contributed by atoms with E-state index in [1.165, 1.54) is 12.1 Å². The van der Waals surface area contributed by atoms with Crippen molar-refractivity contribution < 1.29 is 19.0 Å². The van der Waals surface area contributed by atoms with Gasteiger partial charge in [-0.2, -0.15) is 0 Å². The lowest BCUT2D eigenvalue weighted by atomic mass is 9.81. The Bertz CT molecular complexity index is 462. The van der Waals surface area contributed by atoms with Crippen LogP contribution < -0.4 is 4.74 Å². The Kier molecular flexibility index (Phi) is 2.79.